The molecule has 1 atom stereocenters. The number of carbonyl (C=O) groups is 2. The number of aromatic nitrogens is 1. The Kier molecular flexibility index (Phi) is 3.38. The van der Waals surface area contributed by atoms with Gasteiger partial charge in [0.15, 0.2) is 0 Å². The number of hydrogen-bond donors (Lipinski definition) is 1. The number of benzene rings is 1. The lowest BCUT2D eigenvalue weighted by Crippen LogP contribution is -2.30. The Balaban J connectivity index is 1.88. The molecule has 1 aliphatic heterocycles. The van der Waals surface area contributed by atoms with Crippen LogP contribution in [0.4, 0.5) is 10.5 Å². The third-order valence-electron chi connectivity index (χ3n) is 3.39. The maximum Gasteiger partial charge on any atom is 0.414 e. The van der Waals surface area contributed by atoms with Crippen LogP contribution in [0.1, 0.15) is 0 Å². The van der Waals surface area contributed by atoms with Gasteiger partial charge in [0.1, 0.15) is 6.10 Å². The average molecular weight is 307 g/mol. The number of ether oxygens (including phenoxy) is 1. The summed E-state index contributed by atoms with van der Waals surface area (Å²) >= 11 is 1.14. The zero-order valence-electron chi connectivity index (χ0n) is 11.2. The molecule has 1 aromatic carbocycles. The van der Waals surface area contributed by atoms with Gasteiger partial charge in [-0.05, 0) is 18.2 Å². The summed E-state index contributed by atoms with van der Waals surface area (Å²) in [5.74, 6) is 0. The van der Waals surface area contributed by atoms with Gasteiger partial charge in [-0.15, -0.1) is 0 Å². The Morgan fingerprint density at radius 2 is 2.29 bits per heavy atom. The Bertz CT molecular complexity index is 766. The lowest BCUT2D eigenvalue weighted by molar-refractivity contribution is -0.109. The van der Waals surface area contributed by atoms with Crippen LogP contribution in [0.2, 0.25) is 0 Å². The van der Waals surface area contributed by atoms with Crippen LogP contribution in [0, 0.1) is 0 Å². The molecular weight excluding hydrogens is 294 g/mol. The molecule has 8 heteroatoms. The van der Waals surface area contributed by atoms with E-state index in [1.54, 1.807) is 23.7 Å². The van der Waals surface area contributed by atoms with Crippen molar-refractivity contribution in [1.82, 2.24) is 9.88 Å². The van der Waals surface area contributed by atoms with Gasteiger partial charge in [0.2, 0.25) is 6.41 Å². The van der Waals surface area contributed by atoms with E-state index in [1.165, 1.54) is 4.90 Å². The van der Waals surface area contributed by atoms with E-state index >= 15 is 0 Å². The number of thiazole rings is 1. The standard InChI is InChI=1S/C13H13N3O4S/c1-15-10-3-2-8(4-11(10)21-13(15)19)16-6-9(5-14-7-17)20-12(16)18/h2-4,7,9H,5-6H2,1H3,(H,14,17)/t9-/m0/s1. The molecule has 3 rings (SSSR count). The first-order valence-electron chi connectivity index (χ1n) is 6.35. The van der Waals surface area contributed by atoms with E-state index < -0.39 is 6.09 Å². The molecule has 0 aliphatic carbocycles. The highest BCUT2D eigenvalue weighted by Crippen LogP contribution is 2.27. The van der Waals surface area contributed by atoms with Gasteiger partial charge in [0.25, 0.3) is 0 Å². The molecule has 1 N–H and O–H groups in total. The first-order valence-corrected chi connectivity index (χ1v) is 7.16. The maximum atomic E-state index is 11.9. The SMILES string of the molecule is Cn1c(=O)sc2cc(N3C[C@H](CNC=O)OC3=O)ccc21. The highest BCUT2D eigenvalue weighted by Gasteiger charge is 2.32. The van der Waals surface area contributed by atoms with E-state index in [4.69, 9.17) is 4.74 Å². The number of carbonyl (C=O) groups excluding carboxylic acids is 2. The van der Waals surface area contributed by atoms with E-state index in [9.17, 15) is 14.4 Å². The van der Waals surface area contributed by atoms with Crippen molar-refractivity contribution < 1.29 is 14.3 Å². The number of fused-ring (bicyclic) bond motifs is 1. The minimum absolute atomic E-state index is 0.0424. The third kappa shape index (κ3) is 2.38. The monoisotopic (exact) mass is 307 g/mol. The molecule has 0 radical (unpaired) electrons. The smallest absolute Gasteiger partial charge is 0.414 e. The van der Waals surface area contributed by atoms with Gasteiger partial charge >= 0.3 is 11.0 Å². The van der Waals surface area contributed by atoms with Gasteiger partial charge in [0, 0.05) is 12.7 Å². The molecule has 1 fully saturated rings. The van der Waals surface area contributed by atoms with Crippen molar-refractivity contribution in [3.63, 3.8) is 0 Å². The number of anilines is 1. The fourth-order valence-corrected chi connectivity index (χ4v) is 3.22. The fourth-order valence-electron chi connectivity index (χ4n) is 2.31. The molecule has 2 heterocycles. The fraction of sp³-hybridized carbons (Fsp3) is 0.308. The topological polar surface area (TPSA) is 80.6 Å². The Labute approximate surface area is 123 Å². The number of cyclic esters (lactones) is 1. The van der Waals surface area contributed by atoms with Crippen LogP contribution >= 0.6 is 11.3 Å². The van der Waals surface area contributed by atoms with Crippen LogP contribution in [0.5, 0.6) is 0 Å². The van der Waals surface area contributed by atoms with Crippen molar-refractivity contribution in [3.8, 4) is 0 Å². The summed E-state index contributed by atoms with van der Waals surface area (Å²) in [6.45, 7) is 0.652. The summed E-state index contributed by atoms with van der Waals surface area (Å²) in [6, 6.07) is 5.40. The van der Waals surface area contributed by atoms with E-state index in [0.717, 1.165) is 21.6 Å². The minimum Gasteiger partial charge on any atom is -0.442 e. The molecule has 0 saturated carbocycles. The highest BCUT2D eigenvalue weighted by atomic mass is 32.1. The van der Waals surface area contributed by atoms with Crippen LogP contribution in [0.25, 0.3) is 10.2 Å². The van der Waals surface area contributed by atoms with Crippen molar-refractivity contribution >= 4 is 39.7 Å². The second-order valence-corrected chi connectivity index (χ2v) is 5.71. The van der Waals surface area contributed by atoms with Crippen molar-refractivity contribution in [2.24, 2.45) is 7.05 Å². The molecule has 0 spiro atoms. The first kappa shape index (κ1) is 13.6. The van der Waals surface area contributed by atoms with Crippen LogP contribution in [-0.2, 0) is 16.6 Å². The Hall–Kier alpha value is -2.35. The van der Waals surface area contributed by atoms with E-state index in [0.29, 0.717) is 18.6 Å². The average Bonchev–Trinajstić information content (AvgIpc) is 2.97. The zero-order valence-corrected chi connectivity index (χ0v) is 12.1. The Morgan fingerprint density at radius 3 is 3.05 bits per heavy atom. The van der Waals surface area contributed by atoms with E-state index in [-0.39, 0.29) is 17.5 Å². The summed E-state index contributed by atoms with van der Waals surface area (Å²) in [5.41, 5.74) is 1.52. The van der Waals surface area contributed by atoms with Crippen molar-refractivity contribution in [3.05, 3.63) is 27.9 Å². The molecule has 7 nitrogen and oxygen atoms in total. The van der Waals surface area contributed by atoms with Crippen molar-refractivity contribution in [2.75, 3.05) is 18.0 Å². The van der Waals surface area contributed by atoms with Crippen molar-refractivity contribution in [1.29, 1.82) is 0 Å². The van der Waals surface area contributed by atoms with Crippen LogP contribution in [0.15, 0.2) is 23.0 Å². The van der Waals surface area contributed by atoms with Gasteiger partial charge in [0.05, 0.1) is 23.3 Å². The molecule has 21 heavy (non-hydrogen) atoms. The molecule has 1 aliphatic rings. The largest absolute Gasteiger partial charge is 0.442 e. The normalized spacial score (nSPS) is 18.0. The number of nitrogens with zero attached hydrogens (tertiary/aromatic N) is 2. The molecule has 1 saturated heterocycles. The van der Waals surface area contributed by atoms with Crippen LogP contribution in [0.3, 0.4) is 0 Å². The zero-order chi connectivity index (χ0) is 15.0. The number of aryl methyl sites for hydroxylation is 1. The van der Waals surface area contributed by atoms with E-state index in [1.807, 2.05) is 6.07 Å². The van der Waals surface area contributed by atoms with Gasteiger partial charge in [-0.3, -0.25) is 14.5 Å². The summed E-state index contributed by atoms with van der Waals surface area (Å²) in [4.78, 5) is 35.3. The molecule has 2 amide bonds. The summed E-state index contributed by atoms with van der Waals surface area (Å²) in [6.07, 6.45) is -0.243. The third-order valence-corrected chi connectivity index (χ3v) is 4.39. The molecule has 2 aromatic rings. The van der Waals surface area contributed by atoms with Crippen LogP contribution in [-0.4, -0.2) is 36.3 Å². The number of rotatable bonds is 4. The van der Waals surface area contributed by atoms with Gasteiger partial charge in [-0.2, -0.15) is 0 Å². The van der Waals surface area contributed by atoms with E-state index in [2.05, 4.69) is 5.32 Å². The molecular formula is C13H13N3O4S. The van der Waals surface area contributed by atoms with Crippen molar-refractivity contribution in [2.45, 2.75) is 6.10 Å². The van der Waals surface area contributed by atoms with Gasteiger partial charge in [-0.1, -0.05) is 11.3 Å². The predicted molar refractivity (Wildman–Crippen MR) is 78.7 cm³/mol. The maximum absolute atomic E-state index is 11.9. The second-order valence-electron chi connectivity index (χ2n) is 4.72. The summed E-state index contributed by atoms with van der Waals surface area (Å²) in [7, 11) is 1.71. The lowest BCUT2D eigenvalue weighted by atomic mass is 10.2. The summed E-state index contributed by atoms with van der Waals surface area (Å²) in [5, 5.41) is 2.50. The number of hydrogen-bond acceptors (Lipinski definition) is 5. The first-order chi connectivity index (χ1) is 10.1. The number of amides is 2. The highest BCUT2D eigenvalue weighted by molar-refractivity contribution is 7.16. The van der Waals surface area contributed by atoms with Gasteiger partial charge < -0.3 is 14.6 Å². The lowest BCUT2D eigenvalue weighted by Gasteiger charge is -2.12. The summed E-state index contributed by atoms with van der Waals surface area (Å²) < 4.78 is 7.57. The quantitative estimate of drug-likeness (QED) is 0.842. The molecule has 0 bridgehead atoms. The predicted octanol–water partition coefficient (Wildman–Crippen LogP) is 0.671. The second kappa shape index (κ2) is 5.21. The molecule has 1 aromatic heterocycles. The molecule has 110 valence electrons. The minimum atomic E-state index is -0.449. The Morgan fingerprint density at radius 1 is 1.48 bits per heavy atom. The van der Waals surface area contributed by atoms with Gasteiger partial charge in [-0.25, -0.2) is 4.79 Å². The molecule has 0 unspecified atom stereocenters. The number of nitrogens with one attached hydrogen (secondary N) is 1. The van der Waals surface area contributed by atoms with Crippen LogP contribution < -0.4 is 15.1 Å².